The van der Waals surface area contributed by atoms with E-state index in [4.69, 9.17) is 17.3 Å². The highest BCUT2D eigenvalue weighted by Crippen LogP contribution is 2.14. The van der Waals surface area contributed by atoms with Crippen LogP contribution in [0.2, 0.25) is 5.15 Å². The lowest BCUT2D eigenvalue weighted by molar-refractivity contribution is 0.0976. The summed E-state index contributed by atoms with van der Waals surface area (Å²) in [7, 11) is -4.12. The van der Waals surface area contributed by atoms with E-state index in [-0.39, 0.29) is 21.6 Å². The minimum Gasteiger partial charge on any atom is -0.383 e. The van der Waals surface area contributed by atoms with Crippen LogP contribution in [0.15, 0.2) is 41.4 Å². The van der Waals surface area contributed by atoms with Crippen molar-refractivity contribution in [2.24, 2.45) is 0 Å². The van der Waals surface area contributed by atoms with E-state index in [0.717, 1.165) is 0 Å². The fourth-order valence-corrected chi connectivity index (χ4v) is 2.60. The Kier molecular flexibility index (Phi) is 3.86. The monoisotopic (exact) mass is 312 g/mol. The number of amides is 1. The van der Waals surface area contributed by atoms with Gasteiger partial charge in [-0.3, -0.25) is 4.79 Å². The van der Waals surface area contributed by atoms with Gasteiger partial charge in [0.25, 0.3) is 15.9 Å². The van der Waals surface area contributed by atoms with Crippen LogP contribution in [0, 0.1) is 0 Å². The summed E-state index contributed by atoms with van der Waals surface area (Å²) in [5.74, 6) is -1.11. The highest BCUT2D eigenvalue weighted by atomic mass is 35.5. The van der Waals surface area contributed by atoms with Crippen molar-refractivity contribution in [3.8, 4) is 0 Å². The van der Waals surface area contributed by atoms with Gasteiger partial charge in [0.1, 0.15) is 21.6 Å². The van der Waals surface area contributed by atoms with Crippen molar-refractivity contribution in [1.29, 1.82) is 0 Å². The van der Waals surface area contributed by atoms with Crippen LogP contribution >= 0.6 is 11.6 Å². The number of nitrogens with one attached hydrogen (secondary N) is 1. The third kappa shape index (κ3) is 3.03. The van der Waals surface area contributed by atoms with E-state index in [9.17, 15) is 13.2 Å². The van der Waals surface area contributed by atoms with Gasteiger partial charge < -0.3 is 5.73 Å². The van der Waals surface area contributed by atoms with Gasteiger partial charge in [-0.25, -0.2) is 23.1 Å². The molecule has 0 bridgehead atoms. The number of anilines is 1. The van der Waals surface area contributed by atoms with Gasteiger partial charge in [0.05, 0.1) is 0 Å². The van der Waals surface area contributed by atoms with Crippen LogP contribution < -0.4 is 10.5 Å². The summed E-state index contributed by atoms with van der Waals surface area (Å²) in [5, 5.41) is 0.0796. The molecule has 0 aliphatic rings. The van der Waals surface area contributed by atoms with Gasteiger partial charge >= 0.3 is 0 Å². The summed E-state index contributed by atoms with van der Waals surface area (Å²) in [5.41, 5.74) is 5.35. The Balaban J connectivity index is 2.30. The maximum absolute atomic E-state index is 12.0. The number of pyridine rings is 2. The lowest BCUT2D eigenvalue weighted by Crippen LogP contribution is -2.31. The van der Waals surface area contributed by atoms with Crippen LogP contribution in [0.25, 0.3) is 0 Å². The smallest absolute Gasteiger partial charge is 0.283 e. The molecule has 3 N–H and O–H groups in total. The van der Waals surface area contributed by atoms with Crippen molar-refractivity contribution < 1.29 is 13.2 Å². The number of rotatable bonds is 3. The van der Waals surface area contributed by atoms with Gasteiger partial charge in [0.15, 0.2) is 0 Å². The molecular formula is C11H9ClN4O3S. The molecule has 9 heteroatoms. The number of sulfonamides is 1. The molecule has 20 heavy (non-hydrogen) atoms. The highest BCUT2D eigenvalue weighted by Gasteiger charge is 2.22. The van der Waals surface area contributed by atoms with Crippen LogP contribution in [0.3, 0.4) is 0 Å². The first kappa shape index (κ1) is 14.2. The first-order chi connectivity index (χ1) is 9.40. The first-order valence-electron chi connectivity index (χ1n) is 5.30. The number of hydrogen-bond donors (Lipinski definition) is 2. The van der Waals surface area contributed by atoms with Gasteiger partial charge in [-0.2, -0.15) is 0 Å². The standard InChI is InChI=1S/C11H9ClN4O3S/c12-9-5-1-3-7(15-9)11(17)16-20(18,19)8-4-2-6-14-10(8)13/h1-6H,(H2,13,14)(H,16,17). The van der Waals surface area contributed by atoms with Gasteiger partial charge in [-0.1, -0.05) is 17.7 Å². The minimum atomic E-state index is -4.12. The summed E-state index contributed by atoms with van der Waals surface area (Å²) >= 11 is 5.63. The molecule has 2 heterocycles. The van der Waals surface area contributed by atoms with Crippen molar-refractivity contribution in [2.75, 3.05) is 5.73 Å². The lowest BCUT2D eigenvalue weighted by Gasteiger charge is -2.07. The molecule has 0 unspecified atom stereocenters. The molecule has 0 saturated carbocycles. The summed E-state index contributed by atoms with van der Waals surface area (Å²) in [6.45, 7) is 0. The van der Waals surface area contributed by atoms with Gasteiger partial charge in [-0.05, 0) is 24.3 Å². The van der Waals surface area contributed by atoms with Crippen LogP contribution in [-0.4, -0.2) is 24.3 Å². The minimum absolute atomic E-state index is 0.0796. The molecule has 1 amide bonds. The van der Waals surface area contributed by atoms with E-state index in [1.165, 1.54) is 36.5 Å². The Bertz CT molecular complexity index is 764. The fraction of sp³-hybridized carbons (Fsp3) is 0. The number of carbonyl (C=O) groups excluding carboxylic acids is 1. The number of nitrogen functional groups attached to an aromatic ring is 1. The molecule has 2 aromatic heterocycles. The second-order valence-electron chi connectivity index (χ2n) is 3.67. The number of nitrogens with zero attached hydrogens (tertiary/aromatic N) is 2. The first-order valence-corrected chi connectivity index (χ1v) is 7.16. The molecule has 0 aromatic carbocycles. The third-order valence-electron chi connectivity index (χ3n) is 2.26. The Labute approximate surface area is 119 Å². The van der Waals surface area contributed by atoms with E-state index < -0.39 is 15.9 Å². The zero-order valence-electron chi connectivity index (χ0n) is 9.95. The van der Waals surface area contributed by atoms with E-state index in [0.29, 0.717) is 0 Å². The average molecular weight is 313 g/mol. The molecule has 0 aliphatic carbocycles. The van der Waals surface area contributed by atoms with Crippen LogP contribution in [0.5, 0.6) is 0 Å². The second-order valence-corrected chi connectivity index (χ2v) is 5.71. The third-order valence-corrected chi connectivity index (χ3v) is 3.85. The Morgan fingerprint density at radius 1 is 1.25 bits per heavy atom. The predicted octanol–water partition coefficient (Wildman–Crippen LogP) is 0.831. The quantitative estimate of drug-likeness (QED) is 0.811. The number of halogens is 1. The number of aromatic nitrogens is 2. The Morgan fingerprint density at radius 3 is 2.65 bits per heavy atom. The van der Waals surface area contributed by atoms with Crippen molar-refractivity contribution in [2.45, 2.75) is 4.90 Å². The summed E-state index contributed by atoms with van der Waals surface area (Å²) in [4.78, 5) is 18.9. The lowest BCUT2D eigenvalue weighted by atomic mass is 10.3. The van der Waals surface area contributed by atoms with Crippen molar-refractivity contribution >= 4 is 33.3 Å². The topological polar surface area (TPSA) is 115 Å². The summed E-state index contributed by atoms with van der Waals surface area (Å²) in [6, 6.07) is 6.92. The SMILES string of the molecule is Nc1ncccc1S(=O)(=O)NC(=O)c1cccc(Cl)n1. The fourth-order valence-electron chi connectivity index (χ4n) is 1.39. The number of carbonyl (C=O) groups is 1. The molecule has 7 nitrogen and oxygen atoms in total. The van der Waals surface area contributed by atoms with Crippen molar-refractivity contribution in [3.63, 3.8) is 0 Å². The normalized spacial score (nSPS) is 11.1. The molecule has 0 fully saturated rings. The molecule has 2 rings (SSSR count). The largest absolute Gasteiger partial charge is 0.383 e. The van der Waals surface area contributed by atoms with Crippen molar-refractivity contribution in [1.82, 2.24) is 14.7 Å². The van der Waals surface area contributed by atoms with Gasteiger partial charge in [0.2, 0.25) is 0 Å². The molecule has 0 saturated heterocycles. The van der Waals surface area contributed by atoms with E-state index in [1.807, 2.05) is 4.72 Å². The highest BCUT2D eigenvalue weighted by molar-refractivity contribution is 7.90. The molecule has 0 aliphatic heterocycles. The molecule has 0 spiro atoms. The van der Waals surface area contributed by atoms with E-state index in [1.54, 1.807) is 0 Å². The maximum atomic E-state index is 12.0. The van der Waals surface area contributed by atoms with E-state index >= 15 is 0 Å². The van der Waals surface area contributed by atoms with E-state index in [2.05, 4.69) is 9.97 Å². The summed E-state index contributed by atoms with van der Waals surface area (Å²) < 4.78 is 25.9. The van der Waals surface area contributed by atoms with Crippen LogP contribution in [0.4, 0.5) is 5.82 Å². The van der Waals surface area contributed by atoms with Gasteiger partial charge in [-0.15, -0.1) is 0 Å². The molecule has 2 aromatic rings. The second kappa shape index (κ2) is 5.43. The van der Waals surface area contributed by atoms with Crippen molar-refractivity contribution in [3.05, 3.63) is 47.4 Å². The van der Waals surface area contributed by atoms with Gasteiger partial charge in [0, 0.05) is 6.20 Å². The summed E-state index contributed by atoms with van der Waals surface area (Å²) in [6.07, 6.45) is 1.34. The predicted molar refractivity (Wildman–Crippen MR) is 72.5 cm³/mol. The molecule has 104 valence electrons. The Hall–Kier alpha value is -2.19. The zero-order valence-corrected chi connectivity index (χ0v) is 11.5. The average Bonchev–Trinajstić information content (AvgIpc) is 2.38. The molecule has 0 radical (unpaired) electrons. The number of hydrogen-bond acceptors (Lipinski definition) is 6. The molecule has 0 atom stereocenters. The zero-order chi connectivity index (χ0) is 14.8. The molecular weight excluding hydrogens is 304 g/mol. The van der Waals surface area contributed by atoms with Crippen LogP contribution in [0.1, 0.15) is 10.5 Å². The van der Waals surface area contributed by atoms with Crippen LogP contribution in [-0.2, 0) is 10.0 Å². The Morgan fingerprint density at radius 2 is 2.00 bits per heavy atom. The number of nitrogens with two attached hydrogens (primary N) is 1. The maximum Gasteiger partial charge on any atom is 0.283 e.